The quantitative estimate of drug-likeness (QED) is 0.274. The number of pyridine rings is 1. The van der Waals surface area contributed by atoms with Gasteiger partial charge < -0.3 is 10.4 Å². The highest BCUT2D eigenvalue weighted by Crippen LogP contribution is 2.40. The fraction of sp³-hybridized carbons (Fsp3) is 0.0714. The summed E-state index contributed by atoms with van der Waals surface area (Å²) in [4.78, 5) is 17.4. The number of nitrogens with zero attached hydrogens (tertiary/aromatic N) is 6. The average Bonchev–Trinajstić information content (AvgIpc) is 3.36. The van der Waals surface area contributed by atoms with Gasteiger partial charge in [0.25, 0.3) is 5.91 Å². The Kier molecular flexibility index (Phi) is 6.38. The van der Waals surface area contributed by atoms with Crippen LogP contribution in [0.15, 0.2) is 95.4 Å². The number of phenolic OH excluding ortho intramolecular Hbond substituents is 1. The molecule has 0 saturated heterocycles. The Morgan fingerprint density at radius 3 is 2.59 bits per heavy atom. The van der Waals surface area contributed by atoms with Gasteiger partial charge >= 0.3 is 0 Å². The second-order valence-corrected chi connectivity index (χ2v) is 8.14. The Bertz CT molecular complexity index is 1670. The number of anilines is 1. The minimum absolute atomic E-state index is 0.0472. The lowest BCUT2D eigenvalue weighted by Crippen LogP contribution is -2.12. The molecule has 9 nitrogen and oxygen atoms in total. The Morgan fingerprint density at radius 2 is 1.86 bits per heavy atom. The van der Waals surface area contributed by atoms with Crippen LogP contribution in [0.1, 0.15) is 28.4 Å². The van der Waals surface area contributed by atoms with Crippen LogP contribution in [0.5, 0.6) is 5.75 Å². The van der Waals surface area contributed by atoms with Gasteiger partial charge in [-0.15, -0.1) is 10.2 Å². The van der Waals surface area contributed by atoms with Gasteiger partial charge in [0, 0.05) is 17.3 Å². The molecule has 0 fully saturated rings. The van der Waals surface area contributed by atoms with Crippen LogP contribution in [0.3, 0.4) is 0 Å². The molecule has 0 aliphatic rings. The van der Waals surface area contributed by atoms with Crippen LogP contribution < -0.4 is 5.32 Å². The Hall–Kier alpha value is -5.36. The number of aromatic hydroxyl groups is 1. The number of carbonyl (C=O) groups is 1. The van der Waals surface area contributed by atoms with Crippen LogP contribution in [0.2, 0.25) is 0 Å². The third kappa shape index (κ3) is 4.63. The molecule has 5 aromatic rings. The molecule has 0 spiro atoms. The number of aryl methyl sites for hydroxylation is 1. The number of amides is 1. The Labute approximate surface area is 212 Å². The van der Waals surface area contributed by atoms with E-state index in [1.54, 1.807) is 42.6 Å². The van der Waals surface area contributed by atoms with Crippen LogP contribution in [0, 0.1) is 11.3 Å². The molecule has 180 valence electrons. The van der Waals surface area contributed by atoms with Crippen molar-refractivity contribution in [3.8, 4) is 17.6 Å². The van der Waals surface area contributed by atoms with Crippen LogP contribution in [0.25, 0.3) is 16.6 Å². The van der Waals surface area contributed by atoms with Gasteiger partial charge in [-0.3, -0.25) is 4.79 Å². The van der Waals surface area contributed by atoms with Crippen molar-refractivity contribution in [3.63, 3.8) is 0 Å². The molecule has 5 rings (SSSR count). The van der Waals surface area contributed by atoms with Gasteiger partial charge in [0.15, 0.2) is 17.4 Å². The second-order valence-electron chi connectivity index (χ2n) is 8.14. The van der Waals surface area contributed by atoms with E-state index in [1.807, 2.05) is 42.5 Å². The highest BCUT2D eigenvalue weighted by atomic mass is 16.3. The number of hydrogen-bond acceptors (Lipinski definition) is 7. The third-order valence-corrected chi connectivity index (χ3v) is 5.84. The number of carbonyl (C=O) groups excluding carboxylic acids is 1. The maximum Gasteiger partial charge on any atom is 0.259 e. The fourth-order valence-electron chi connectivity index (χ4n) is 3.88. The van der Waals surface area contributed by atoms with Gasteiger partial charge in [-0.25, -0.2) is 4.98 Å². The number of hydrogen-bond donors (Lipinski definition) is 2. The normalized spacial score (nSPS) is 11.0. The molecule has 3 aromatic carbocycles. The summed E-state index contributed by atoms with van der Waals surface area (Å²) in [5.41, 5.74) is 2.09. The summed E-state index contributed by atoms with van der Waals surface area (Å²) in [6.07, 6.45) is 3.86. The molecule has 1 amide bonds. The zero-order chi connectivity index (χ0) is 25.8. The molecule has 0 aliphatic carbocycles. The molecular formula is C28H21N7O2. The summed E-state index contributed by atoms with van der Waals surface area (Å²) in [5.74, 6) is -0.211. The number of fused-ring (bicyclic) bond motifs is 1. The number of azo groups is 1. The predicted molar refractivity (Wildman–Crippen MR) is 140 cm³/mol. The number of nitrogens with one attached hydrogen (secondary N) is 1. The van der Waals surface area contributed by atoms with E-state index in [0.29, 0.717) is 22.3 Å². The van der Waals surface area contributed by atoms with Crippen molar-refractivity contribution in [1.29, 1.82) is 5.26 Å². The molecule has 0 unspecified atom stereocenters. The molecule has 0 saturated carbocycles. The first-order valence-electron chi connectivity index (χ1n) is 11.5. The van der Waals surface area contributed by atoms with Crippen molar-refractivity contribution in [3.05, 3.63) is 102 Å². The smallest absolute Gasteiger partial charge is 0.259 e. The largest absolute Gasteiger partial charge is 0.505 e. The summed E-state index contributed by atoms with van der Waals surface area (Å²) in [5, 5.41) is 37.6. The number of aromatic nitrogens is 3. The first kappa shape index (κ1) is 23.4. The average molecular weight is 488 g/mol. The minimum atomic E-state index is -0.486. The molecular weight excluding hydrogens is 466 g/mol. The van der Waals surface area contributed by atoms with Gasteiger partial charge in [-0.2, -0.15) is 15.0 Å². The van der Waals surface area contributed by atoms with Crippen LogP contribution >= 0.6 is 0 Å². The fourth-order valence-corrected chi connectivity index (χ4v) is 3.88. The van der Waals surface area contributed by atoms with Crippen molar-refractivity contribution in [1.82, 2.24) is 14.8 Å². The van der Waals surface area contributed by atoms with Crippen molar-refractivity contribution >= 4 is 33.9 Å². The number of benzene rings is 3. The Balaban J connectivity index is 1.58. The number of rotatable bonds is 6. The summed E-state index contributed by atoms with van der Waals surface area (Å²) in [6.45, 7) is 2.06. The number of nitriles is 1. The molecule has 0 bridgehead atoms. The van der Waals surface area contributed by atoms with E-state index in [4.69, 9.17) is 0 Å². The van der Waals surface area contributed by atoms with E-state index >= 15 is 0 Å². The topological polar surface area (TPSA) is 129 Å². The maximum absolute atomic E-state index is 13.1. The lowest BCUT2D eigenvalue weighted by atomic mass is 10.0. The first-order valence-corrected chi connectivity index (χ1v) is 11.5. The van der Waals surface area contributed by atoms with Crippen LogP contribution in [-0.2, 0) is 6.42 Å². The molecule has 37 heavy (non-hydrogen) atoms. The monoisotopic (exact) mass is 487 g/mol. The molecule has 0 aliphatic heterocycles. The molecule has 9 heteroatoms. The highest BCUT2D eigenvalue weighted by molar-refractivity contribution is 6.11. The van der Waals surface area contributed by atoms with E-state index in [1.165, 1.54) is 10.9 Å². The highest BCUT2D eigenvalue weighted by Gasteiger charge is 2.19. The van der Waals surface area contributed by atoms with Crippen molar-refractivity contribution in [2.45, 2.75) is 13.3 Å². The third-order valence-electron chi connectivity index (χ3n) is 5.84. The van der Waals surface area contributed by atoms with Crippen molar-refractivity contribution in [2.75, 3.05) is 5.32 Å². The zero-order valence-electron chi connectivity index (χ0n) is 19.8. The lowest BCUT2D eigenvalue weighted by molar-refractivity contribution is 0.102. The van der Waals surface area contributed by atoms with Gasteiger partial charge in [0.1, 0.15) is 17.3 Å². The molecule has 2 N–H and O–H groups in total. The minimum Gasteiger partial charge on any atom is -0.505 e. The first-order chi connectivity index (χ1) is 18.1. The van der Waals surface area contributed by atoms with E-state index in [0.717, 1.165) is 12.0 Å². The summed E-state index contributed by atoms with van der Waals surface area (Å²) >= 11 is 0. The predicted octanol–water partition coefficient (Wildman–Crippen LogP) is 6.23. The molecule has 0 radical (unpaired) electrons. The Morgan fingerprint density at radius 1 is 1.08 bits per heavy atom. The van der Waals surface area contributed by atoms with E-state index in [2.05, 4.69) is 32.6 Å². The van der Waals surface area contributed by atoms with E-state index < -0.39 is 5.91 Å². The number of phenols is 1. The van der Waals surface area contributed by atoms with Crippen molar-refractivity contribution in [2.24, 2.45) is 10.2 Å². The van der Waals surface area contributed by atoms with Gasteiger partial charge in [0.05, 0.1) is 11.8 Å². The van der Waals surface area contributed by atoms with Gasteiger partial charge in [-0.05, 0) is 47.7 Å². The zero-order valence-corrected chi connectivity index (χ0v) is 19.8. The molecule has 0 atom stereocenters. The SMILES string of the molecule is CCc1ccc(NC(=O)c2cc3ccccc3c(/N=N/c3c(C#N)cnn3-c3ccccn3)c2O)cc1. The van der Waals surface area contributed by atoms with Crippen LogP contribution in [0.4, 0.5) is 17.2 Å². The van der Waals surface area contributed by atoms with Crippen molar-refractivity contribution < 1.29 is 9.90 Å². The second kappa shape index (κ2) is 10.1. The summed E-state index contributed by atoms with van der Waals surface area (Å²) in [6, 6.07) is 23.7. The molecule has 2 aromatic heterocycles. The summed E-state index contributed by atoms with van der Waals surface area (Å²) < 4.78 is 1.39. The maximum atomic E-state index is 13.1. The molecule has 2 heterocycles. The summed E-state index contributed by atoms with van der Waals surface area (Å²) in [7, 11) is 0. The van der Waals surface area contributed by atoms with Crippen LogP contribution in [-0.4, -0.2) is 25.8 Å². The standard InChI is InChI=1S/C28H21N7O2/c1-2-18-10-12-21(13-11-18)32-28(37)23-15-19-7-3-4-8-22(19)25(26(23)36)33-34-27-20(16-29)17-31-35(27)24-9-5-6-14-30-24/h3-15,17,36H,2H2,1H3,(H,32,37)/b34-33+. The van der Waals surface area contributed by atoms with Gasteiger partial charge in [0.2, 0.25) is 0 Å². The van der Waals surface area contributed by atoms with E-state index in [-0.39, 0.29) is 28.4 Å². The van der Waals surface area contributed by atoms with E-state index in [9.17, 15) is 15.2 Å². The lowest BCUT2D eigenvalue weighted by Gasteiger charge is -2.11. The van der Waals surface area contributed by atoms with Gasteiger partial charge in [-0.1, -0.05) is 49.4 Å².